The van der Waals surface area contributed by atoms with Crippen LogP contribution in [0.4, 0.5) is 4.39 Å². The molecule has 0 aliphatic rings. The Labute approximate surface area is 124 Å². The Morgan fingerprint density at radius 2 is 2.10 bits per heavy atom. The summed E-state index contributed by atoms with van der Waals surface area (Å²) in [5.41, 5.74) is 0. The van der Waals surface area contributed by atoms with Gasteiger partial charge in [-0.3, -0.25) is 4.79 Å². The molecule has 2 N–H and O–H groups in total. The zero-order chi connectivity index (χ0) is 15.0. The molecule has 5 heteroatoms. The van der Waals surface area contributed by atoms with Crippen molar-refractivity contribution in [2.24, 2.45) is 5.92 Å². The molecule has 0 spiro atoms. The summed E-state index contributed by atoms with van der Waals surface area (Å²) >= 11 is 1.34. The lowest BCUT2D eigenvalue weighted by Gasteiger charge is -2.14. The summed E-state index contributed by atoms with van der Waals surface area (Å²) in [6.07, 6.45) is 0.684. The molecular formula is C15H22FNO2S. The Morgan fingerprint density at radius 1 is 1.40 bits per heavy atom. The molecule has 0 saturated carbocycles. The van der Waals surface area contributed by atoms with E-state index in [1.54, 1.807) is 25.1 Å². The predicted molar refractivity (Wildman–Crippen MR) is 80.2 cm³/mol. The Hall–Kier alpha value is -1.07. The molecule has 0 aliphatic carbocycles. The van der Waals surface area contributed by atoms with Crippen LogP contribution in [-0.2, 0) is 4.79 Å². The molecule has 1 rings (SSSR count). The fourth-order valence-corrected chi connectivity index (χ4v) is 2.75. The average Bonchev–Trinajstić information content (AvgIpc) is 2.38. The summed E-state index contributed by atoms with van der Waals surface area (Å²) in [6.45, 7) is 4.29. The van der Waals surface area contributed by atoms with Crippen LogP contribution in [0.3, 0.4) is 0 Å². The SMILES string of the molecule is CC(O)CC(C)CNC(=O)CCSc1ccccc1F. The summed E-state index contributed by atoms with van der Waals surface area (Å²) in [6, 6.07) is 6.56. The Bertz CT molecular complexity index is 426. The van der Waals surface area contributed by atoms with Crippen molar-refractivity contribution in [1.82, 2.24) is 5.32 Å². The van der Waals surface area contributed by atoms with Gasteiger partial charge in [0.25, 0.3) is 0 Å². The highest BCUT2D eigenvalue weighted by Gasteiger charge is 2.09. The zero-order valence-electron chi connectivity index (χ0n) is 11.9. The van der Waals surface area contributed by atoms with Crippen molar-refractivity contribution in [3.8, 4) is 0 Å². The summed E-state index contributed by atoms with van der Waals surface area (Å²) in [7, 11) is 0. The van der Waals surface area contributed by atoms with Crippen LogP contribution in [0, 0.1) is 11.7 Å². The quantitative estimate of drug-likeness (QED) is 0.726. The molecule has 20 heavy (non-hydrogen) atoms. The summed E-state index contributed by atoms with van der Waals surface area (Å²) in [4.78, 5) is 12.2. The van der Waals surface area contributed by atoms with Gasteiger partial charge in [0.15, 0.2) is 0 Å². The second kappa shape index (κ2) is 8.97. The number of amides is 1. The number of hydrogen-bond donors (Lipinski definition) is 2. The fraction of sp³-hybridized carbons (Fsp3) is 0.533. The molecule has 0 radical (unpaired) electrons. The van der Waals surface area contributed by atoms with Gasteiger partial charge in [0, 0.05) is 23.6 Å². The molecule has 0 heterocycles. The smallest absolute Gasteiger partial charge is 0.220 e. The monoisotopic (exact) mass is 299 g/mol. The highest BCUT2D eigenvalue weighted by Crippen LogP contribution is 2.21. The van der Waals surface area contributed by atoms with Gasteiger partial charge in [0.05, 0.1) is 6.10 Å². The first kappa shape index (κ1) is 17.0. The molecule has 0 fully saturated rings. The number of halogens is 1. The zero-order valence-corrected chi connectivity index (χ0v) is 12.8. The van der Waals surface area contributed by atoms with Crippen molar-refractivity contribution < 1.29 is 14.3 Å². The number of aliphatic hydroxyl groups is 1. The van der Waals surface area contributed by atoms with Gasteiger partial charge in [-0.15, -0.1) is 11.8 Å². The van der Waals surface area contributed by atoms with Gasteiger partial charge in [0.2, 0.25) is 5.91 Å². The molecule has 1 amide bonds. The number of hydrogen-bond acceptors (Lipinski definition) is 3. The van der Waals surface area contributed by atoms with Gasteiger partial charge in [-0.05, 0) is 31.4 Å². The number of carbonyl (C=O) groups excluding carboxylic acids is 1. The van der Waals surface area contributed by atoms with E-state index in [0.717, 1.165) is 0 Å². The normalized spacial score (nSPS) is 13.8. The van der Waals surface area contributed by atoms with Gasteiger partial charge in [0.1, 0.15) is 5.82 Å². The third kappa shape index (κ3) is 6.91. The number of nitrogens with one attached hydrogen (secondary N) is 1. The van der Waals surface area contributed by atoms with Gasteiger partial charge in [-0.1, -0.05) is 19.1 Å². The van der Waals surface area contributed by atoms with E-state index in [1.807, 2.05) is 6.92 Å². The van der Waals surface area contributed by atoms with Crippen molar-refractivity contribution in [3.63, 3.8) is 0 Å². The highest BCUT2D eigenvalue weighted by molar-refractivity contribution is 7.99. The molecule has 3 nitrogen and oxygen atoms in total. The van der Waals surface area contributed by atoms with E-state index in [9.17, 15) is 14.3 Å². The van der Waals surface area contributed by atoms with Gasteiger partial charge >= 0.3 is 0 Å². The largest absolute Gasteiger partial charge is 0.393 e. The van der Waals surface area contributed by atoms with Crippen molar-refractivity contribution in [2.75, 3.05) is 12.3 Å². The maximum Gasteiger partial charge on any atom is 0.220 e. The first-order valence-corrected chi connectivity index (χ1v) is 7.79. The van der Waals surface area contributed by atoms with Gasteiger partial charge in [-0.25, -0.2) is 4.39 Å². The molecule has 0 aliphatic heterocycles. The number of thioether (sulfide) groups is 1. The van der Waals surface area contributed by atoms with Crippen LogP contribution in [0.5, 0.6) is 0 Å². The second-order valence-corrected chi connectivity index (χ2v) is 6.16. The molecule has 0 saturated heterocycles. The molecule has 1 aromatic carbocycles. The van der Waals surface area contributed by atoms with Crippen molar-refractivity contribution in [3.05, 3.63) is 30.1 Å². The van der Waals surface area contributed by atoms with Crippen LogP contribution >= 0.6 is 11.8 Å². The minimum absolute atomic E-state index is 0.0358. The third-order valence-corrected chi connectivity index (χ3v) is 3.86. The number of carbonyl (C=O) groups is 1. The molecule has 1 aromatic rings. The maximum atomic E-state index is 13.3. The number of aliphatic hydroxyl groups excluding tert-OH is 1. The first-order chi connectivity index (χ1) is 9.49. The fourth-order valence-electron chi connectivity index (χ4n) is 1.86. The van der Waals surface area contributed by atoms with Crippen LogP contribution in [0.1, 0.15) is 26.7 Å². The number of benzene rings is 1. The summed E-state index contributed by atoms with van der Waals surface area (Å²) in [5.74, 6) is 0.519. The maximum absolute atomic E-state index is 13.3. The van der Waals surface area contributed by atoms with E-state index in [0.29, 0.717) is 30.0 Å². The van der Waals surface area contributed by atoms with Crippen LogP contribution in [0.2, 0.25) is 0 Å². The lowest BCUT2D eigenvalue weighted by molar-refractivity contribution is -0.120. The Balaban J connectivity index is 2.19. The second-order valence-electron chi connectivity index (χ2n) is 5.02. The van der Waals surface area contributed by atoms with Crippen LogP contribution in [0.15, 0.2) is 29.2 Å². The van der Waals surface area contributed by atoms with E-state index in [1.165, 1.54) is 17.8 Å². The van der Waals surface area contributed by atoms with Crippen LogP contribution in [-0.4, -0.2) is 29.4 Å². The molecule has 2 atom stereocenters. The highest BCUT2D eigenvalue weighted by atomic mass is 32.2. The topological polar surface area (TPSA) is 49.3 Å². The first-order valence-electron chi connectivity index (χ1n) is 6.81. The van der Waals surface area contributed by atoms with Crippen molar-refractivity contribution >= 4 is 17.7 Å². The molecule has 112 valence electrons. The molecule has 2 unspecified atom stereocenters. The standard InChI is InChI=1S/C15H22FNO2S/c1-11(9-12(2)18)10-17-15(19)7-8-20-14-6-4-3-5-13(14)16/h3-6,11-12,18H,7-10H2,1-2H3,(H,17,19). The summed E-state index contributed by atoms with van der Waals surface area (Å²) < 4.78 is 13.3. The Morgan fingerprint density at radius 3 is 2.75 bits per heavy atom. The van der Waals surface area contributed by atoms with Crippen LogP contribution < -0.4 is 5.32 Å². The minimum Gasteiger partial charge on any atom is -0.393 e. The lowest BCUT2D eigenvalue weighted by atomic mass is 10.0. The Kier molecular flexibility index (Phi) is 7.62. The average molecular weight is 299 g/mol. The predicted octanol–water partition coefficient (Wildman–Crippen LogP) is 2.83. The van der Waals surface area contributed by atoms with E-state index < -0.39 is 0 Å². The van der Waals surface area contributed by atoms with E-state index in [4.69, 9.17) is 0 Å². The molecular weight excluding hydrogens is 277 g/mol. The minimum atomic E-state index is -0.349. The number of rotatable bonds is 8. The van der Waals surface area contributed by atoms with Crippen molar-refractivity contribution in [2.45, 2.75) is 37.7 Å². The third-order valence-electron chi connectivity index (χ3n) is 2.81. The van der Waals surface area contributed by atoms with Crippen LogP contribution in [0.25, 0.3) is 0 Å². The van der Waals surface area contributed by atoms with Gasteiger partial charge < -0.3 is 10.4 Å². The van der Waals surface area contributed by atoms with E-state index in [2.05, 4.69) is 5.32 Å². The van der Waals surface area contributed by atoms with Gasteiger partial charge in [-0.2, -0.15) is 0 Å². The van der Waals surface area contributed by atoms with Crippen molar-refractivity contribution in [1.29, 1.82) is 0 Å². The van der Waals surface area contributed by atoms with E-state index in [-0.39, 0.29) is 23.7 Å². The lowest BCUT2D eigenvalue weighted by Crippen LogP contribution is -2.29. The van der Waals surface area contributed by atoms with E-state index >= 15 is 0 Å². The molecule has 0 bridgehead atoms. The molecule has 0 aromatic heterocycles. The summed E-state index contributed by atoms with van der Waals surface area (Å²) in [5, 5.41) is 12.1.